The fraction of sp³-hybridized carbons (Fsp3) is 0.647. The number of benzene rings is 1. The molecule has 0 amide bonds. The maximum atomic E-state index is 6.17. The van der Waals surface area contributed by atoms with Crippen LogP contribution in [0.5, 0.6) is 0 Å². The molecule has 1 aliphatic carbocycles. The van der Waals surface area contributed by atoms with Crippen molar-refractivity contribution in [2.24, 2.45) is 16.6 Å². The summed E-state index contributed by atoms with van der Waals surface area (Å²) < 4.78 is 0. The predicted molar refractivity (Wildman–Crippen MR) is 88.3 cm³/mol. The summed E-state index contributed by atoms with van der Waals surface area (Å²) in [4.78, 5) is 0. The molecule has 2 nitrogen and oxygen atoms in total. The van der Waals surface area contributed by atoms with E-state index in [2.05, 4.69) is 33.0 Å². The van der Waals surface area contributed by atoms with E-state index >= 15 is 0 Å². The van der Waals surface area contributed by atoms with Crippen molar-refractivity contribution in [3.05, 3.63) is 29.3 Å². The zero-order valence-electron chi connectivity index (χ0n) is 13.1. The van der Waals surface area contributed by atoms with Gasteiger partial charge in [0.1, 0.15) is 0 Å². The SMILES string of the molecule is CC1(C)CC(C)(C)CC(CN)(Nc2ccc(Cl)cc2)C1. The molecule has 0 heterocycles. The molecule has 0 aromatic heterocycles. The molecule has 0 spiro atoms. The summed E-state index contributed by atoms with van der Waals surface area (Å²) in [5.74, 6) is 0. The van der Waals surface area contributed by atoms with E-state index in [1.54, 1.807) is 0 Å². The third-order valence-corrected chi connectivity index (χ3v) is 4.49. The molecule has 1 saturated carbocycles. The van der Waals surface area contributed by atoms with E-state index in [9.17, 15) is 0 Å². The number of nitrogens with two attached hydrogens (primary N) is 1. The average Bonchev–Trinajstić information content (AvgIpc) is 2.28. The highest BCUT2D eigenvalue weighted by Crippen LogP contribution is 2.50. The largest absolute Gasteiger partial charge is 0.378 e. The molecule has 2 rings (SSSR count). The third kappa shape index (κ3) is 3.67. The van der Waals surface area contributed by atoms with Crippen LogP contribution in [0.15, 0.2) is 24.3 Å². The lowest BCUT2D eigenvalue weighted by Gasteiger charge is -2.52. The first-order valence-electron chi connectivity index (χ1n) is 7.39. The number of hydrogen-bond acceptors (Lipinski definition) is 2. The van der Waals surface area contributed by atoms with Crippen molar-refractivity contribution in [2.75, 3.05) is 11.9 Å². The molecule has 3 heteroatoms. The van der Waals surface area contributed by atoms with Crippen molar-refractivity contribution in [2.45, 2.75) is 52.5 Å². The molecule has 1 aromatic rings. The summed E-state index contributed by atoms with van der Waals surface area (Å²) in [5.41, 5.74) is 7.86. The molecule has 20 heavy (non-hydrogen) atoms. The van der Waals surface area contributed by atoms with Gasteiger partial charge in [-0.25, -0.2) is 0 Å². The van der Waals surface area contributed by atoms with E-state index in [-0.39, 0.29) is 5.54 Å². The number of halogens is 1. The van der Waals surface area contributed by atoms with E-state index in [0.717, 1.165) is 23.6 Å². The van der Waals surface area contributed by atoms with Gasteiger partial charge < -0.3 is 11.1 Å². The molecular formula is C17H27ClN2. The van der Waals surface area contributed by atoms with Crippen LogP contribution in [0.25, 0.3) is 0 Å². The summed E-state index contributed by atoms with van der Waals surface area (Å²) in [7, 11) is 0. The molecule has 1 aromatic carbocycles. The van der Waals surface area contributed by atoms with Crippen LogP contribution in [0, 0.1) is 10.8 Å². The van der Waals surface area contributed by atoms with Crippen LogP contribution in [-0.4, -0.2) is 12.1 Å². The Balaban J connectivity index is 2.26. The van der Waals surface area contributed by atoms with Gasteiger partial charge in [-0.05, 0) is 54.4 Å². The lowest BCUT2D eigenvalue weighted by Crippen LogP contribution is -2.55. The standard InChI is InChI=1S/C17H27ClN2/c1-15(2)9-16(3,4)11-17(10-15,12-19)20-14-7-5-13(18)6-8-14/h5-8,20H,9-12,19H2,1-4H3. The molecule has 0 atom stereocenters. The molecule has 112 valence electrons. The van der Waals surface area contributed by atoms with Crippen LogP contribution in [0.4, 0.5) is 5.69 Å². The Morgan fingerprint density at radius 2 is 1.50 bits per heavy atom. The fourth-order valence-corrected chi connectivity index (χ4v) is 4.56. The molecule has 0 aliphatic heterocycles. The molecule has 1 fully saturated rings. The van der Waals surface area contributed by atoms with Crippen LogP contribution >= 0.6 is 11.6 Å². The van der Waals surface area contributed by atoms with Crippen LogP contribution in [0.1, 0.15) is 47.0 Å². The Hall–Kier alpha value is -0.730. The van der Waals surface area contributed by atoms with Crippen molar-refractivity contribution in [1.29, 1.82) is 0 Å². The summed E-state index contributed by atoms with van der Waals surface area (Å²) in [5, 5.41) is 4.46. The van der Waals surface area contributed by atoms with Crippen molar-refractivity contribution in [1.82, 2.24) is 0 Å². The van der Waals surface area contributed by atoms with Gasteiger partial charge in [0.25, 0.3) is 0 Å². The summed E-state index contributed by atoms with van der Waals surface area (Å²) in [6, 6.07) is 7.92. The first kappa shape index (κ1) is 15.7. The van der Waals surface area contributed by atoms with Gasteiger partial charge >= 0.3 is 0 Å². The minimum Gasteiger partial charge on any atom is -0.378 e. The lowest BCUT2D eigenvalue weighted by molar-refractivity contribution is 0.0623. The van der Waals surface area contributed by atoms with Gasteiger partial charge in [0.2, 0.25) is 0 Å². The quantitative estimate of drug-likeness (QED) is 0.849. The van der Waals surface area contributed by atoms with Gasteiger partial charge in [-0.15, -0.1) is 0 Å². The van der Waals surface area contributed by atoms with E-state index in [0.29, 0.717) is 17.4 Å². The van der Waals surface area contributed by atoms with Crippen molar-refractivity contribution < 1.29 is 0 Å². The van der Waals surface area contributed by atoms with Crippen molar-refractivity contribution in [3.63, 3.8) is 0 Å². The maximum absolute atomic E-state index is 6.17. The minimum atomic E-state index is -0.0287. The smallest absolute Gasteiger partial charge is 0.0505 e. The second-order valence-corrected chi connectivity index (χ2v) is 8.41. The second kappa shape index (κ2) is 5.23. The Kier molecular flexibility index (Phi) is 4.10. The minimum absolute atomic E-state index is 0.0287. The number of rotatable bonds is 3. The van der Waals surface area contributed by atoms with Gasteiger partial charge in [-0.2, -0.15) is 0 Å². The van der Waals surface area contributed by atoms with E-state index < -0.39 is 0 Å². The fourth-order valence-electron chi connectivity index (χ4n) is 4.44. The Labute approximate surface area is 128 Å². The van der Waals surface area contributed by atoms with E-state index in [1.165, 1.54) is 6.42 Å². The first-order valence-corrected chi connectivity index (χ1v) is 7.77. The average molecular weight is 295 g/mol. The topological polar surface area (TPSA) is 38.0 Å². The predicted octanol–water partition coefficient (Wildman–Crippen LogP) is 4.69. The van der Waals surface area contributed by atoms with Crippen LogP contribution in [0.2, 0.25) is 5.02 Å². The molecule has 0 bridgehead atoms. The number of hydrogen-bond donors (Lipinski definition) is 2. The lowest BCUT2D eigenvalue weighted by atomic mass is 9.58. The monoisotopic (exact) mass is 294 g/mol. The molecule has 1 aliphatic rings. The second-order valence-electron chi connectivity index (χ2n) is 7.98. The molecule has 0 saturated heterocycles. The first-order chi connectivity index (χ1) is 9.15. The van der Waals surface area contributed by atoms with E-state index in [4.69, 9.17) is 17.3 Å². The maximum Gasteiger partial charge on any atom is 0.0505 e. The van der Waals surface area contributed by atoms with Crippen molar-refractivity contribution >= 4 is 17.3 Å². The Bertz CT molecular complexity index is 446. The van der Waals surface area contributed by atoms with Crippen LogP contribution in [0.3, 0.4) is 0 Å². The van der Waals surface area contributed by atoms with Gasteiger partial charge in [0, 0.05) is 17.3 Å². The van der Waals surface area contributed by atoms with Gasteiger partial charge in [-0.3, -0.25) is 0 Å². The van der Waals surface area contributed by atoms with Crippen molar-refractivity contribution in [3.8, 4) is 0 Å². The molecule has 0 radical (unpaired) electrons. The molecular weight excluding hydrogens is 268 g/mol. The Morgan fingerprint density at radius 3 is 1.95 bits per heavy atom. The highest BCUT2D eigenvalue weighted by Gasteiger charge is 2.46. The van der Waals surface area contributed by atoms with Gasteiger partial charge in [0.15, 0.2) is 0 Å². The summed E-state index contributed by atoms with van der Waals surface area (Å²) >= 11 is 5.96. The highest BCUT2D eigenvalue weighted by molar-refractivity contribution is 6.30. The summed E-state index contributed by atoms with van der Waals surface area (Å²) in [6.45, 7) is 10.1. The van der Waals surface area contributed by atoms with Gasteiger partial charge in [0.05, 0.1) is 5.54 Å². The molecule has 0 unspecified atom stereocenters. The van der Waals surface area contributed by atoms with Crippen LogP contribution < -0.4 is 11.1 Å². The highest BCUT2D eigenvalue weighted by atomic mass is 35.5. The summed E-state index contributed by atoms with van der Waals surface area (Å²) in [6.07, 6.45) is 3.44. The number of nitrogens with one attached hydrogen (secondary N) is 1. The normalized spacial score (nSPS) is 23.3. The zero-order valence-corrected chi connectivity index (χ0v) is 13.8. The molecule has 3 N–H and O–H groups in total. The zero-order chi connectivity index (χ0) is 15.0. The van der Waals surface area contributed by atoms with Gasteiger partial charge in [-0.1, -0.05) is 39.3 Å². The number of anilines is 1. The Morgan fingerprint density at radius 1 is 1.00 bits per heavy atom. The third-order valence-electron chi connectivity index (χ3n) is 4.24. The van der Waals surface area contributed by atoms with E-state index in [1.807, 2.05) is 24.3 Å². The van der Waals surface area contributed by atoms with Crippen LogP contribution in [-0.2, 0) is 0 Å².